The lowest BCUT2D eigenvalue weighted by molar-refractivity contribution is 0.0746. The van der Waals surface area contributed by atoms with E-state index in [2.05, 4.69) is 21.9 Å². The number of likely N-dealkylation sites (tertiary alicyclic amines) is 1. The molecule has 2 aliphatic heterocycles. The maximum Gasteiger partial charge on any atom is 0.254 e. The summed E-state index contributed by atoms with van der Waals surface area (Å²) in [5.41, 5.74) is 1.69. The van der Waals surface area contributed by atoms with Gasteiger partial charge in [0.1, 0.15) is 11.5 Å². The van der Waals surface area contributed by atoms with Crippen molar-refractivity contribution in [1.29, 1.82) is 0 Å². The van der Waals surface area contributed by atoms with Gasteiger partial charge in [0.2, 0.25) is 0 Å². The first kappa shape index (κ1) is 21.5. The molecule has 0 spiro atoms. The van der Waals surface area contributed by atoms with Crippen molar-refractivity contribution >= 4 is 11.6 Å². The summed E-state index contributed by atoms with van der Waals surface area (Å²) in [6.07, 6.45) is 5.11. The molecule has 4 rings (SSSR count). The molecule has 6 nitrogen and oxygen atoms in total. The molecule has 0 aliphatic carbocycles. The van der Waals surface area contributed by atoms with Gasteiger partial charge in [-0.05, 0) is 74.8 Å². The van der Waals surface area contributed by atoms with Crippen molar-refractivity contribution in [3.63, 3.8) is 0 Å². The van der Waals surface area contributed by atoms with Crippen LogP contribution >= 0.6 is 0 Å². The van der Waals surface area contributed by atoms with Crippen LogP contribution in [0.4, 0.5) is 5.69 Å². The fourth-order valence-corrected chi connectivity index (χ4v) is 4.40. The second kappa shape index (κ2) is 10.5. The molecule has 2 heterocycles. The first-order valence-electron chi connectivity index (χ1n) is 11.5. The van der Waals surface area contributed by atoms with E-state index in [1.54, 1.807) is 18.2 Å². The number of phenols is 1. The lowest BCUT2D eigenvalue weighted by atomic mass is 10.1. The monoisotopic (exact) mass is 423 g/mol. The van der Waals surface area contributed by atoms with Gasteiger partial charge >= 0.3 is 0 Å². The summed E-state index contributed by atoms with van der Waals surface area (Å²) in [4.78, 5) is 19.3. The van der Waals surface area contributed by atoms with Crippen LogP contribution in [0.3, 0.4) is 0 Å². The average Bonchev–Trinajstić information content (AvgIpc) is 2.83. The average molecular weight is 424 g/mol. The summed E-state index contributed by atoms with van der Waals surface area (Å²) in [5, 5.41) is 9.61. The highest BCUT2D eigenvalue weighted by Crippen LogP contribution is 2.22. The molecule has 0 atom stereocenters. The zero-order chi connectivity index (χ0) is 21.5. The summed E-state index contributed by atoms with van der Waals surface area (Å²) < 4.78 is 5.93. The molecular weight excluding hydrogens is 390 g/mol. The molecule has 166 valence electrons. The summed E-state index contributed by atoms with van der Waals surface area (Å²) in [6, 6.07) is 14.9. The number of benzene rings is 2. The smallest absolute Gasteiger partial charge is 0.254 e. The van der Waals surface area contributed by atoms with Crippen LogP contribution in [-0.4, -0.2) is 73.2 Å². The molecule has 1 N–H and O–H groups in total. The van der Waals surface area contributed by atoms with Gasteiger partial charge in [-0.15, -0.1) is 0 Å². The molecule has 2 aromatic carbocycles. The van der Waals surface area contributed by atoms with Crippen molar-refractivity contribution in [2.45, 2.75) is 25.7 Å². The molecule has 0 radical (unpaired) electrons. The molecule has 0 unspecified atom stereocenters. The number of phenolic OH excluding ortho intramolecular Hbond substituents is 1. The molecule has 31 heavy (non-hydrogen) atoms. The van der Waals surface area contributed by atoms with E-state index in [0.29, 0.717) is 18.7 Å². The Balaban J connectivity index is 1.20. The van der Waals surface area contributed by atoms with Crippen molar-refractivity contribution in [2.75, 3.05) is 57.3 Å². The van der Waals surface area contributed by atoms with E-state index >= 15 is 0 Å². The van der Waals surface area contributed by atoms with Crippen molar-refractivity contribution in [3.8, 4) is 11.5 Å². The molecule has 6 heteroatoms. The number of aromatic hydroxyl groups is 1. The largest absolute Gasteiger partial charge is 0.508 e. The standard InChI is InChI=1S/C25H33N3O3/c29-23-7-4-6-21(20-23)25(30)28-17-15-27(16-18-28)22-8-10-24(11-9-22)31-19-5-14-26-12-2-1-3-13-26/h4,6-11,20,29H,1-3,5,12-19H2. The zero-order valence-electron chi connectivity index (χ0n) is 18.2. The van der Waals surface area contributed by atoms with Crippen molar-refractivity contribution in [3.05, 3.63) is 54.1 Å². The van der Waals surface area contributed by atoms with Gasteiger partial charge < -0.3 is 24.5 Å². The second-order valence-corrected chi connectivity index (χ2v) is 8.43. The Bertz CT molecular complexity index is 841. The van der Waals surface area contributed by atoms with Crippen LogP contribution in [0.15, 0.2) is 48.5 Å². The topological polar surface area (TPSA) is 56.3 Å². The first-order valence-corrected chi connectivity index (χ1v) is 11.5. The summed E-state index contributed by atoms with van der Waals surface area (Å²) in [6.45, 7) is 7.28. The van der Waals surface area contributed by atoms with Crippen LogP contribution in [-0.2, 0) is 0 Å². The third-order valence-electron chi connectivity index (χ3n) is 6.20. The molecule has 2 aromatic rings. The molecule has 0 saturated carbocycles. The lowest BCUT2D eigenvalue weighted by Gasteiger charge is -2.36. The number of rotatable bonds is 7. The Kier molecular flexibility index (Phi) is 7.30. The molecular formula is C25H33N3O3. The summed E-state index contributed by atoms with van der Waals surface area (Å²) in [5.74, 6) is 1.02. The third-order valence-corrected chi connectivity index (χ3v) is 6.20. The van der Waals surface area contributed by atoms with E-state index in [1.807, 2.05) is 17.0 Å². The molecule has 2 fully saturated rings. The van der Waals surface area contributed by atoms with Crippen LogP contribution in [0.2, 0.25) is 0 Å². The number of carbonyl (C=O) groups excluding carboxylic acids is 1. The zero-order valence-corrected chi connectivity index (χ0v) is 18.2. The van der Waals surface area contributed by atoms with E-state index < -0.39 is 0 Å². The van der Waals surface area contributed by atoms with Gasteiger partial charge in [-0.25, -0.2) is 0 Å². The van der Waals surface area contributed by atoms with Gasteiger partial charge in [0.25, 0.3) is 5.91 Å². The second-order valence-electron chi connectivity index (χ2n) is 8.43. The Morgan fingerprint density at radius 1 is 0.903 bits per heavy atom. The van der Waals surface area contributed by atoms with E-state index in [1.165, 1.54) is 38.4 Å². The molecule has 2 saturated heterocycles. The number of piperazine rings is 1. The van der Waals surface area contributed by atoms with Gasteiger partial charge in [-0.1, -0.05) is 12.5 Å². The van der Waals surface area contributed by atoms with Gasteiger partial charge in [0, 0.05) is 44.0 Å². The number of carbonyl (C=O) groups is 1. The third kappa shape index (κ3) is 5.91. The minimum atomic E-state index is -0.0242. The fraction of sp³-hybridized carbons (Fsp3) is 0.480. The SMILES string of the molecule is O=C(c1cccc(O)c1)N1CCN(c2ccc(OCCCN3CCCCC3)cc2)CC1. The van der Waals surface area contributed by atoms with Crippen molar-refractivity contribution in [1.82, 2.24) is 9.80 Å². The maximum absolute atomic E-state index is 12.6. The number of anilines is 1. The number of amides is 1. The van der Waals surface area contributed by atoms with Crippen LogP contribution in [0.25, 0.3) is 0 Å². The Labute approximate surface area is 185 Å². The van der Waals surface area contributed by atoms with Crippen LogP contribution in [0, 0.1) is 0 Å². The predicted octanol–water partition coefficient (Wildman–Crippen LogP) is 3.61. The van der Waals surface area contributed by atoms with Crippen molar-refractivity contribution in [2.24, 2.45) is 0 Å². The van der Waals surface area contributed by atoms with Crippen molar-refractivity contribution < 1.29 is 14.6 Å². The number of piperidine rings is 1. The van der Waals surface area contributed by atoms with Crippen LogP contribution in [0.1, 0.15) is 36.0 Å². The van der Waals surface area contributed by atoms with Gasteiger partial charge in [-0.3, -0.25) is 4.79 Å². The number of hydrogen-bond donors (Lipinski definition) is 1. The Morgan fingerprint density at radius 3 is 2.35 bits per heavy atom. The van der Waals surface area contributed by atoms with Crippen LogP contribution < -0.4 is 9.64 Å². The Hall–Kier alpha value is -2.73. The van der Waals surface area contributed by atoms with E-state index in [4.69, 9.17) is 4.74 Å². The molecule has 1 amide bonds. The van der Waals surface area contributed by atoms with Gasteiger partial charge in [0.05, 0.1) is 6.61 Å². The molecule has 0 bridgehead atoms. The normalized spacial score (nSPS) is 17.5. The van der Waals surface area contributed by atoms with Gasteiger partial charge in [-0.2, -0.15) is 0 Å². The fourth-order valence-electron chi connectivity index (χ4n) is 4.40. The highest BCUT2D eigenvalue weighted by molar-refractivity contribution is 5.94. The highest BCUT2D eigenvalue weighted by atomic mass is 16.5. The predicted molar refractivity (Wildman–Crippen MR) is 123 cm³/mol. The minimum Gasteiger partial charge on any atom is -0.508 e. The number of nitrogens with zero attached hydrogens (tertiary/aromatic N) is 3. The Morgan fingerprint density at radius 2 is 1.65 bits per heavy atom. The first-order chi connectivity index (χ1) is 15.2. The molecule has 2 aliphatic rings. The van der Waals surface area contributed by atoms with Gasteiger partial charge in [0.15, 0.2) is 0 Å². The summed E-state index contributed by atoms with van der Waals surface area (Å²) >= 11 is 0. The minimum absolute atomic E-state index is 0.0242. The lowest BCUT2D eigenvalue weighted by Crippen LogP contribution is -2.48. The van der Waals surface area contributed by atoms with E-state index in [0.717, 1.165) is 44.1 Å². The van der Waals surface area contributed by atoms with Crippen LogP contribution in [0.5, 0.6) is 11.5 Å². The maximum atomic E-state index is 12.6. The number of hydrogen-bond acceptors (Lipinski definition) is 5. The number of ether oxygens (including phenoxy) is 1. The van der Waals surface area contributed by atoms with E-state index in [9.17, 15) is 9.90 Å². The van der Waals surface area contributed by atoms with E-state index in [-0.39, 0.29) is 11.7 Å². The quantitative estimate of drug-likeness (QED) is 0.690. The summed E-state index contributed by atoms with van der Waals surface area (Å²) in [7, 11) is 0. The highest BCUT2D eigenvalue weighted by Gasteiger charge is 2.22. The molecule has 0 aromatic heterocycles.